The van der Waals surface area contributed by atoms with Gasteiger partial charge in [0.1, 0.15) is 0 Å². The molecule has 0 aliphatic carbocycles. The number of aryl methyl sites for hydroxylation is 2. The molecule has 1 rings (SSSR count). The van der Waals surface area contributed by atoms with Crippen LogP contribution in [0.1, 0.15) is 44.4 Å². The lowest BCUT2D eigenvalue weighted by Gasteiger charge is -2.31. The van der Waals surface area contributed by atoms with Crippen molar-refractivity contribution in [2.75, 3.05) is 6.54 Å². The molecule has 0 saturated heterocycles. The van der Waals surface area contributed by atoms with Crippen LogP contribution in [0.2, 0.25) is 0 Å². The molecule has 0 fully saturated rings. The van der Waals surface area contributed by atoms with Crippen molar-refractivity contribution in [2.24, 2.45) is 0 Å². The van der Waals surface area contributed by atoms with Gasteiger partial charge in [0.05, 0.1) is 5.60 Å². The average Bonchev–Trinajstić information content (AvgIpc) is 2.18. The molecule has 2 nitrogen and oxygen atoms in total. The van der Waals surface area contributed by atoms with Crippen molar-refractivity contribution in [3.8, 4) is 0 Å². The Hall–Kier alpha value is -0.860. The van der Waals surface area contributed by atoms with Gasteiger partial charge in [0.25, 0.3) is 0 Å². The van der Waals surface area contributed by atoms with Gasteiger partial charge >= 0.3 is 0 Å². The van der Waals surface area contributed by atoms with Gasteiger partial charge < -0.3 is 10.4 Å². The van der Waals surface area contributed by atoms with E-state index in [1.54, 1.807) is 0 Å². The second-order valence-electron chi connectivity index (χ2n) is 6.20. The van der Waals surface area contributed by atoms with Crippen LogP contribution in [-0.2, 0) is 5.60 Å². The zero-order valence-electron chi connectivity index (χ0n) is 11.9. The Kier molecular flexibility index (Phi) is 4.00. The second-order valence-corrected chi connectivity index (χ2v) is 6.20. The summed E-state index contributed by atoms with van der Waals surface area (Å²) in [4.78, 5) is 0. The molecule has 1 aromatic carbocycles. The van der Waals surface area contributed by atoms with Crippen molar-refractivity contribution < 1.29 is 5.11 Å². The second kappa shape index (κ2) is 4.79. The van der Waals surface area contributed by atoms with E-state index in [0.717, 1.165) is 11.1 Å². The Morgan fingerprint density at radius 3 is 2.24 bits per heavy atom. The van der Waals surface area contributed by atoms with Gasteiger partial charge in [-0.25, -0.2) is 0 Å². The SMILES string of the molecule is Cc1ccc(C)c(C(C)(O)CNC(C)(C)C)c1. The van der Waals surface area contributed by atoms with E-state index in [-0.39, 0.29) is 5.54 Å². The highest BCUT2D eigenvalue weighted by Crippen LogP contribution is 2.25. The van der Waals surface area contributed by atoms with E-state index in [9.17, 15) is 5.11 Å². The third-order valence-electron chi connectivity index (χ3n) is 2.94. The topological polar surface area (TPSA) is 32.3 Å². The van der Waals surface area contributed by atoms with Crippen molar-refractivity contribution in [3.63, 3.8) is 0 Å². The Balaban J connectivity index is 2.92. The summed E-state index contributed by atoms with van der Waals surface area (Å²) in [5.74, 6) is 0. The van der Waals surface area contributed by atoms with Gasteiger partial charge in [0, 0.05) is 12.1 Å². The van der Waals surface area contributed by atoms with Crippen LogP contribution in [0.4, 0.5) is 0 Å². The van der Waals surface area contributed by atoms with Gasteiger partial charge in [-0.3, -0.25) is 0 Å². The van der Waals surface area contributed by atoms with Crippen molar-refractivity contribution in [2.45, 2.75) is 52.7 Å². The predicted octanol–water partition coefficient (Wildman–Crippen LogP) is 2.90. The third-order valence-corrected chi connectivity index (χ3v) is 2.94. The summed E-state index contributed by atoms with van der Waals surface area (Å²) in [6.45, 7) is 12.8. The maximum Gasteiger partial charge on any atom is 0.0995 e. The molecule has 0 aromatic heterocycles. The van der Waals surface area contributed by atoms with Crippen LogP contribution in [0.25, 0.3) is 0 Å². The van der Waals surface area contributed by atoms with Gasteiger partial charge in [-0.2, -0.15) is 0 Å². The molecular weight excluding hydrogens is 210 g/mol. The third kappa shape index (κ3) is 4.14. The first-order chi connectivity index (χ1) is 7.62. The largest absolute Gasteiger partial charge is 0.384 e. The van der Waals surface area contributed by atoms with Gasteiger partial charge in [0.15, 0.2) is 0 Å². The van der Waals surface area contributed by atoms with Crippen molar-refractivity contribution in [3.05, 3.63) is 34.9 Å². The number of nitrogens with one attached hydrogen (secondary N) is 1. The summed E-state index contributed by atoms with van der Waals surface area (Å²) in [5.41, 5.74) is 2.51. The van der Waals surface area contributed by atoms with E-state index in [1.165, 1.54) is 5.56 Å². The predicted molar refractivity (Wildman–Crippen MR) is 73.2 cm³/mol. The smallest absolute Gasteiger partial charge is 0.0995 e. The summed E-state index contributed by atoms with van der Waals surface area (Å²) in [6, 6.07) is 6.21. The van der Waals surface area contributed by atoms with E-state index in [2.05, 4.69) is 51.2 Å². The molecule has 0 saturated carbocycles. The fourth-order valence-electron chi connectivity index (χ4n) is 1.85. The lowest BCUT2D eigenvalue weighted by molar-refractivity contribution is 0.0495. The summed E-state index contributed by atoms with van der Waals surface area (Å²) in [5, 5.41) is 13.9. The zero-order chi connectivity index (χ0) is 13.3. The molecule has 0 amide bonds. The number of benzene rings is 1. The molecule has 2 heteroatoms. The van der Waals surface area contributed by atoms with Crippen LogP contribution in [0.3, 0.4) is 0 Å². The molecule has 0 bridgehead atoms. The molecule has 0 spiro atoms. The molecule has 1 unspecified atom stereocenters. The van der Waals surface area contributed by atoms with Crippen LogP contribution in [0, 0.1) is 13.8 Å². The minimum atomic E-state index is -0.830. The molecule has 17 heavy (non-hydrogen) atoms. The molecule has 1 aromatic rings. The Morgan fingerprint density at radius 1 is 1.12 bits per heavy atom. The van der Waals surface area contributed by atoms with Crippen LogP contribution in [0.15, 0.2) is 18.2 Å². The standard InChI is InChI=1S/C15H25NO/c1-11-7-8-12(2)13(9-11)15(6,17)10-16-14(3,4)5/h7-9,16-17H,10H2,1-6H3. The van der Waals surface area contributed by atoms with Crippen LogP contribution < -0.4 is 5.32 Å². The van der Waals surface area contributed by atoms with Crippen molar-refractivity contribution >= 4 is 0 Å². The highest BCUT2D eigenvalue weighted by atomic mass is 16.3. The first kappa shape index (κ1) is 14.2. The minimum absolute atomic E-state index is 0.0156. The molecule has 96 valence electrons. The molecule has 0 aliphatic rings. The monoisotopic (exact) mass is 235 g/mol. The van der Waals surface area contributed by atoms with Gasteiger partial charge in [-0.05, 0) is 52.7 Å². The van der Waals surface area contributed by atoms with Crippen molar-refractivity contribution in [1.82, 2.24) is 5.32 Å². The number of aliphatic hydroxyl groups is 1. The average molecular weight is 235 g/mol. The summed E-state index contributed by atoms with van der Waals surface area (Å²) in [6.07, 6.45) is 0. The highest BCUT2D eigenvalue weighted by molar-refractivity contribution is 5.34. The van der Waals surface area contributed by atoms with Gasteiger partial charge in [0.2, 0.25) is 0 Å². The maximum absolute atomic E-state index is 10.6. The molecular formula is C15H25NO. The normalized spacial score (nSPS) is 15.7. The number of rotatable bonds is 3. The molecule has 1 atom stereocenters. The molecule has 0 radical (unpaired) electrons. The Bertz CT molecular complexity index is 388. The van der Waals surface area contributed by atoms with E-state index >= 15 is 0 Å². The van der Waals surface area contributed by atoms with E-state index in [1.807, 2.05) is 13.8 Å². The fourth-order valence-corrected chi connectivity index (χ4v) is 1.85. The summed E-state index contributed by atoms with van der Waals surface area (Å²) < 4.78 is 0. The molecule has 0 heterocycles. The Morgan fingerprint density at radius 2 is 1.71 bits per heavy atom. The molecule has 2 N–H and O–H groups in total. The summed E-state index contributed by atoms with van der Waals surface area (Å²) in [7, 11) is 0. The quantitative estimate of drug-likeness (QED) is 0.844. The first-order valence-corrected chi connectivity index (χ1v) is 6.17. The number of hydrogen-bond donors (Lipinski definition) is 2. The maximum atomic E-state index is 10.6. The summed E-state index contributed by atoms with van der Waals surface area (Å²) >= 11 is 0. The van der Waals surface area contributed by atoms with E-state index in [4.69, 9.17) is 0 Å². The minimum Gasteiger partial charge on any atom is -0.384 e. The van der Waals surface area contributed by atoms with Crippen LogP contribution in [0.5, 0.6) is 0 Å². The van der Waals surface area contributed by atoms with Gasteiger partial charge in [-0.1, -0.05) is 23.8 Å². The zero-order valence-corrected chi connectivity index (χ0v) is 11.9. The van der Waals surface area contributed by atoms with Crippen molar-refractivity contribution in [1.29, 1.82) is 0 Å². The number of hydrogen-bond acceptors (Lipinski definition) is 2. The van der Waals surface area contributed by atoms with Crippen LogP contribution in [-0.4, -0.2) is 17.2 Å². The molecule has 0 aliphatic heterocycles. The lowest BCUT2D eigenvalue weighted by Crippen LogP contribution is -2.45. The first-order valence-electron chi connectivity index (χ1n) is 6.17. The highest BCUT2D eigenvalue weighted by Gasteiger charge is 2.26. The fraction of sp³-hybridized carbons (Fsp3) is 0.600. The van der Waals surface area contributed by atoms with E-state index in [0.29, 0.717) is 6.54 Å². The Labute approximate surface area is 105 Å². The van der Waals surface area contributed by atoms with Crippen LogP contribution >= 0.6 is 0 Å². The number of β-amino-alcohol motifs (C(OH)–C–C–N with tert-alkyl or cyclic N) is 1. The lowest BCUT2D eigenvalue weighted by atomic mass is 9.90. The van der Waals surface area contributed by atoms with E-state index < -0.39 is 5.60 Å². The van der Waals surface area contributed by atoms with Gasteiger partial charge in [-0.15, -0.1) is 0 Å².